The van der Waals surface area contributed by atoms with Gasteiger partial charge < -0.3 is 10.6 Å². The molecule has 2 heterocycles. The molecule has 0 saturated carbocycles. The van der Waals surface area contributed by atoms with Crippen LogP contribution in [0.15, 0.2) is 59.4 Å². The topological polar surface area (TPSA) is 94.1 Å². The van der Waals surface area contributed by atoms with E-state index in [2.05, 4.69) is 4.37 Å². The van der Waals surface area contributed by atoms with Crippen LogP contribution in [0.5, 0.6) is 0 Å². The van der Waals surface area contributed by atoms with Gasteiger partial charge in [-0.1, -0.05) is 41.9 Å². The number of aryl methyl sites for hydroxylation is 2. The van der Waals surface area contributed by atoms with Crippen molar-refractivity contribution in [2.45, 2.75) is 32.7 Å². The first-order valence-electron chi connectivity index (χ1n) is 11.6. The predicted molar refractivity (Wildman–Crippen MR) is 141 cm³/mol. The van der Waals surface area contributed by atoms with Gasteiger partial charge in [0.25, 0.3) is 11.5 Å². The normalized spacial score (nSPS) is 11.2. The highest BCUT2D eigenvalue weighted by atomic mass is 35.5. The number of amides is 1. The third-order valence-corrected chi connectivity index (χ3v) is 6.95. The van der Waals surface area contributed by atoms with Crippen LogP contribution in [0.2, 0.25) is 5.02 Å². The van der Waals surface area contributed by atoms with E-state index in [9.17, 15) is 9.59 Å². The Labute approximate surface area is 213 Å². The lowest BCUT2D eigenvalue weighted by Gasteiger charge is -2.23. The van der Waals surface area contributed by atoms with E-state index in [1.54, 1.807) is 28.8 Å². The van der Waals surface area contributed by atoms with Gasteiger partial charge in [-0.3, -0.25) is 14.2 Å². The molecule has 0 aliphatic carbocycles. The number of carbonyl (C=O) groups is 1. The molecule has 2 aromatic heterocycles. The van der Waals surface area contributed by atoms with Crippen molar-refractivity contribution in [2.24, 2.45) is 5.73 Å². The van der Waals surface area contributed by atoms with Crippen LogP contribution in [-0.4, -0.2) is 44.4 Å². The van der Waals surface area contributed by atoms with Crippen molar-refractivity contribution in [3.63, 3.8) is 0 Å². The lowest BCUT2D eigenvalue weighted by molar-refractivity contribution is 0.0752. The number of benzene rings is 2. The van der Waals surface area contributed by atoms with Crippen molar-refractivity contribution in [1.29, 1.82) is 0 Å². The number of rotatable bonds is 10. The SMILES string of the molecule is Cc1nsc2nc(CCCN(CCCN)C(=O)c3ccc(Cl)cc3)n(Cc3ccccc3)c(=O)c12. The van der Waals surface area contributed by atoms with Gasteiger partial charge in [0, 0.05) is 30.1 Å². The molecule has 0 bridgehead atoms. The molecule has 1 amide bonds. The largest absolute Gasteiger partial charge is 0.339 e. The van der Waals surface area contributed by atoms with Gasteiger partial charge in [0.1, 0.15) is 5.82 Å². The number of nitrogens with zero attached hydrogens (tertiary/aromatic N) is 4. The highest BCUT2D eigenvalue weighted by Gasteiger charge is 2.18. The number of hydrogen-bond acceptors (Lipinski definition) is 6. The predicted octanol–water partition coefficient (Wildman–Crippen LogP) is 4.29. The molecular formula is C26H28ClN5O2S. The quantitative estimate of drug-likeness (QED) is 0.344. The van der Waals surface area contributed by atoms with Crippen LogP contribution in [0.4, 0.5) is 0 Å². The molecule has 0 aliphatic rings. The lowest BCUT2D eigenvalue weighted by atomic mass is 10.1. The second-order valence-electron chi connectivity index (χ2n) is 8.40. The molecule has 0 fully saturated rings. The zero-order valence-electron chi connectivity index (χ0n) is 19.6. The van der Waals surface area contributed by atoms with E-state index in [0.717, 1.165) is 5.56 Å². The van der Waals surface area contributed by atoms with E-state index < -0.39 is 0 Å². The second-order valence-corrected chi connectivity index (χ2v) is 9.59. The zero-order chi connectivity index (χ0) is 24.8. The Hall–Kier alpha value is -3.07. The Balaban J connectivity index is 1.56. The first-order valence-corrected chi connectivity index (χ1v) is 12.8. The van der Waals surface area contributed by atoms with Gasteiger partial charge in [-0.2, -0.15) is 4.37 Å². The van der Waals surface area contributed by atoms with Crippen LogP contribution in [0, 0.1) is 6.92 Å². The molecule has 2 N–H and O–H groups in total. The summed E-state index contributed by atoms with van der Waals surface area (Å²) in [7, 11) is 0. The molecule has 4 aromatic rings. The third kappa shape index (κ3) is 5.96. The second kappa shape index (κ2) is 11.6. The fourth-order valence-corrected chi connectivity index (χ4v) is 4.94. The molecule has 0 saturated heterocycles. The van der Waals surface area contributed by atoms with Crippen LogP contribution in [0.3, 0.4) is 0 Å². The fourth-order valence-electron chi connectivity index (χ4n) is 4.03. The highest BCUT2D eigenvalue weighted by Crippen LogP contribution is 2.19. The zero-order valence-corrected chi connectivity index (χ0v) is 21.2. The first kappa shape index (κ1) is 25.0. The smallest absolute Gasteiger partial charge is 0.264 e. The maximum absolute atomic E-state index is 13.4. The minimum atomic E-state index is -0.0719. The average molecular weight is 510 g/mol. The molecule has 2 aromatic carbocycles. The molecule has 4 rings (SSSR count). The van der Waals surface area contributed by atoms with Crippen LogP contribution in [0.1, 0.15) is 40.3 Å². The van der Waals surface area contributed by atoms with E-state index in [4.69, 9.17) is 22.3 Å². The maximum atomic E-state index is 13.4. The van der Waals surface area contributed by atoms with Crippen molar-refractivity contribution in [3.05, 3.63) is 92.6 Å². The minimum Gasteiger partial charge on any atom is -0.339 e. The molecule has 0 radical (unpaired) electrons. The summed E-state index contributed by atoms with van der Waals surface area (Å²) in [6.07, 6.45) is 1.93. The highest BCUT2D eigenvalue weighted by molar-refractivity contribution is 7.12. The van der Waals surface area contributed by atoms with Gasteiger partial charge in [0.2, 0.25) is 0 Å². The Morgan fingerprint density at radius 2 is 1.80 bits per heavy atom. The van der Waals surface area contributed by atoms with Gasteiger partial charge in [-0.05, 0) is 67.7 Å². The standard InChI is InChI=1S/C26H28ClN5O2S/c1-18-23-24(35-30-18)29-22(32(26(23)34)17-19-7-3-2-4-8-19)9-5-15-31(16-6-14-28)25(33)20-10-12-21(27)13-11-20/h2-4,7-8,10-13H,5-6,9,14-17,28H2,1H3. The number of halogens is 1. The van der Waals surface area contributed by atoms with E-state index in [1.165, 1.54) is 11.5 Å². The van der Waals surface area contributed by atoms with Gasteiger partial charge >= 0.3 is 0 Å². The van der Waals surface area contributed by atoms with Gasteiger partial charge in [-0.15, -0.1) is 0 Å². The number of fused-ring (bicyclic) bond motifs is 1. The molecule has 0 unspecified atom stereocenters. The molecule has 0 spiro atoms. The average Bonchev–Trinajstić information content (AvgIpc) is 3.24. The lowest BCUT2D eigenvalue weighted by Crippen LogP contribution is -2.34. The maximum Gasteiger partial charge on any atom is 0.264 e. The monoisotopic (exact) mass is 509 g/mol. The van der Waals surface area contributed by atoms with Crippen molar-refractivity contribution in [2.75, 3.05) is 19.6 Å². The summed E-state index contributed by atoms with van der Waals surface area (Å²) >= 11 is 7.23. The van der Waals surface area contributed by atoms with Crippen LogP contribution < -0.4 is 11.3 Å². The molecule has 182 valence electrons. The minimum absolute atomic E-state index is 0.0571. The van der Waals surface area contributed by atoms with E-state index in [0.29, 0.717) is 77.8 Å². The number of nitrogens with two attached hydrogens (primary N) is 1. The first-order chi connectivity index (χ1) is 17.0. The fraction of sp³-hybridized carbons (Fsp3) is 0.308. The van der Waals surface area contributed by atoms with Crippen molar-refractivity contribution in [3.8, 4) is 0 Å². The van der Waals surface area contributed by atoms with Crippen LogP contribution in [-0.2, 0) is 13.0 Å². The molecule has 9 heteroatoms. The van der Waals surface area contributed by atoms with E-state index in [1.807, 2.05) is 42.2 Å². The van der Waals surface area contributed by atoms with E-state index in [-0.39, 0.29) is 11.5 Å². The van der Waals surface area contributed by atoms with Crippen molar-refractivity contribution < 1.29 is 4.79 Å². The van der Waals surface area contributed by atoms with Crippen LogP contribution in [0.25, 0.3) is 10.2 Å². The summed E-state index contributed by atoms with van der Waals surface area (Å²) < 4.78 is 6.08. The van der Waals surface area contributed by atoms with Crippen molar-refractivity contribution >= 4 is 39.3 Å². The number of hydrogen-bond donors (Lipinski definition) is 1. The number of carbonyl (C=O) groups excluding carboxylic acids is 1. The summed E-state index contributed by atoms with van der Waals surface area (Å²) in [6, 6.07) is 16.8. The summed E-state index contributed by atoms with van der Waals surface area (Å²) in [6.45, 7) is 3.88. The molecule has 35 heavy (non-hydrogen) atoms. The van der Waals surface area contributed by atoms with E-state index >= 15 is 0 Å². The Kier molecular flexibility index (Phi) is 8.28. The molecular weight excluding hydrogens is 482 g/mol. The molecule has 7 nitrogen and oxygen atoms in total. The Bertz CT molecular complexity index is 1350. The van der Waals surface area contributed by atoms with Gasteiger partial charge in [0.05, 0.1) is 17.6 Å². The number of aromatic nitrogens is 3. The Morgan fingerprint density at radius 1 is 1.09 bits per heavy atom. The summed E-state index contributed by atoms with van der Waals surface area (Å²) in [4.78, 5) is 33.8. The van der Waals surface area contributed by atoms with Crippen molar-refractivity contribution in [1.82, 2.24) is 18.8 Å². The third-order valence-electron chi connectivity index (χ3n) is 5.87. The summed E-state index contributed by atoms with van der Waals surface area (Å²) in [5.74, 6) is 0.644. The summed E-state index contributed by atoms with van der Waals surface area (Å²) in [5.41, 5.74) is 7.96. The van der Waals surface area contributed by atoms with Gasteiger partial charge in [-0.25, -0.2) is 4.98 Å². The molecule has 0 aliphatic heterocycles. The van der Waals surface area contributed by atoms with Crippen LogP contribution >= 0.6 is 23.1 Å². The summed E-state index contributed by atoms with van der Waals surface area (Å²) in [5, 5.41) is 1.17. The molecule has 0 atom stereocenters. The Morgan fingerprint density at radius 3 is 2.51 bits per heavy atom. The van der Waals surface area contributed by atoms with Gasteiger partial charge in [0.15, 0.2) is 4.83 Å².